The fourth-order valence-corrected chi connectivity index (χ4v) is 3.73. The number of H-pyrrole nitrogens is 1. The molecule has 4 rings (SSSR count). The summed E-state index contributed by atoms with van der Waals surface area (Å²) in [6, 6.07) is 11.1. The van der Waals surface area contributed by atoms with Crippen LogP contribution in [-0.2, 0) is 0 Å². The molecule has 1 aromatic heterocycles. The van der Waals surface area contributed by atoms with Crippen LogP contribution < -0.4 is 4.74 Å². The molecule has 0 aliphatic carbocycles. The van der Waals surface area contributed by atoms with Gasteiger partial charge in [0.05, 0.1) is 12.0 Å². The summed E-state index contributed by atoms with van der Waals surface area (Å²) in [7, 11) is 0. The first-order valence-corrected chi connectivity index (χ1v) is 8.41. The van der Waals surface area contributed by atoms with E-state index in [9.17, 15) is 9.59 Å². The fourth-order valence-electron chi connectivity index (χ4n) is 3.73. The maximum atomic E-state index is 12.5. The molecule has 1 fully saturated rings. The van der Waals surface area contributed by atoms with Crippen LogP contribution in [-0.4, -0.2) is 40.3 Å². The first-order chi connectivity index (χ1) is 11.7. The van der Waals surface area contributed by atoms with E-state index < -0.39 is 5.60 Å². The molecule has 24 heavy (non-hydrogen) atoms. The Hall–Kier alpha value is -2.56. The lowest BCUT2D eigenvalue weighted by atomic mass is 9.84. The van der Waals surface area contributed by atoms with Gasteiger partial charge >= 0.3 is 0 Å². The van der Waals surface area contributed by atoms with Gasteiger partial charge in [-0.25, -0.2) is 0 Å². The van der Waals surface area contributed by atoms with Crippen molar-refractivity contribution in [2.75, 3.05) is 13.1 Å². The molecule has 2 aliphatic rings. The highest BCUT2D eigenvalue weighted by Gasteiger charge is 2.42. The molecule has 1 amide bonds. The molecule has 124 valence electrons. The van der Waals surface area contributed by atoms with E-state index in [4.69, 9.17) is 4.74 Å². The Balaban J connectivity index is 1.53. The number of amides is 1. The van der Waals surface area contributed by atoms with Gasteiger partial charge in [0, 0.05) is 25.7 Å². The van der Waals surface area contributed by atoms with Crippen LogP contribution in [0.4, 0.5) is 0 Å². The number of aromatic nitrogens is 1. The number of hydrogen-bond acceptors (Lipinski definition) is 3. The molecule has 1 atom stereocenters. The maximum absolute atomic E-state index is 12.5. The number of hydrogen-bond donors (Lipinski definition) is 1. The average Bonchev–Trinajstić information content (AvgIpc) is 3.05. The van der Waals surface area contributed by atoms with Gasteiger partial charge in [-0.05, 0) is 37.1 Å². The third-order valence-corrected chi connectivity index (χ3v) is 5.01. The number of benzene rings is 1. The van der Waals surface area contributed by atoms with Gasteiger partial charge in [0.2, 0.25) is 0 Å². The number of rotatable bonds is 1. The number of Topliss-reactive ketones (excluding diaryl/α,β-unsaturated/α-hetero) is 1. The third-order valence-electron chi connectivity index (χ3n) is 5.01. The molecular weight excluding hydrogens is 304 g/mol. The monoisotopic (exact) mass is 324 g/mol. The van der Waals surface area contributed by atoms with Gasteiger partial charge in [0.25, 0.3) is 5.91 Å². The summed E-state index contributed by atoms with van der Waals surface area (Å²) in [6.45, 7) is 1.30. The number of para-hydroxylation sites is 1. The van der Waals surface area contributed by atoms with Crippen molar-refractivity contribution in [3.8, 4) is 5.75 Å². The van der Waals surface area contributed by atoms with E-state index in [-0.39, 0.29) is 11.7 Å². The van der Waals surface area contributed by atoms with E-state index in [0.717, 1.165) is 12.8 Å². The summed E-state index contributed by atoms with van der Waals surface area (Å²) in [5.41, 5.74) is 0.805. The van der Waals surface area contributed by atoms with Gasteiger partial charge in [-0.1, -0.05) is 12.1 Å². The predicted octanol–water partition coefficient (Wildman–Crippen LogP) is 3.05. The average molecular weight is 324 g/mol. The molecule has 2 aromatic rings. The zero-order valence-corrected chi connectivity index (χ0v) is 13.5. The number of carbonyl (C=O) groups is 2. The molecule has 0 bridgehead atoms. The number of ketones is 1. The van der Waals surface area contributed by atoms with Crippen LogP contribution in [0.5, 0.6) is 5.75 Å². The lowest BCUT2D eigenvalue weighted by Crippen LogP contribution is -2.43. The van der Waals surface area contributed by atoms with Crippen LogP contribution in [0.15, 0.2) is 42.6 Å². The van der Waals surface area contributed by atoms with E-state index in [1.807, 2.05) is 35.2 Å². The van der Waals surface area contributed by atoms with Gasteiger partial charge in [-0.3, -0.25) is 9.59 Å². The van der Waals surface area contributed by atoms with E-state index in [1.165, 1.54) is 0 Å². The second-order valence-corrected chi connectivity index (χ2v) is 6.61. The van der Waals surface area contributed by atoms with Gasteiger partial charge < -0.3 is 14.6 Å². The maximum Gasteiger partial charge on any atom is 0.270 e. The Kier molecular flexibility index (Phi) is 3.63. The molecule has 0 saturated carbocycles. The van der Waals surface area contributed by atoms with Gasteiger partial charge in [-0.15, -0.1) is 0 Å². The first-order valence-electron chi connectivity index (χ1n) is 8.41. The van der Waals surface area contributed by atoms with Crippen LogP contribution in [0.25, 0.3) is 0 Å². The molecule has 2 aliphatic heterocycles. The molecule has 1 spiro atoms. The van der Waals surface area contributed by atoms with Crippen LogP contribution in [0, 0.1) is 0 Å². The third kappa shape index (κ3) is 2.60. The number of carbonyl (C=O) groups excluding carboxylic acids is 2. The Morgan fingerprint density at radius 2 is 2.00 bits per heavy atom. The summed E-state index contributed by atoms with van der Waals surface area (Å²) in [4.78, 5) is 29.9. The fraction of sp³-hybridized carbons (Fsp3) is 0.368. The van der Waals surface area contributed by atoms with Crippen molar-refractivity contribution in [1.82, 2.24) is 9.88 Å². The Labute approximate surface area is 140 Å². The van der Waals surface area contributed by atoms with Crippen molar-refractivity contribution < 1.29 is 14.3 Å². The summed E-state index contributed by atoms with van der Waals surface area (Å²) >= 11 is 0. The van der Waals surface area contributed by atoms with Gasteiger partial charge in [0.15, 0.2) is 5.78 Å². The van der Waals surface area contributed by atoms with E-state index >= 15 is 0 Å². The number of nitrogens with zero attached hydrogens (tertiary/aromatic N) is 1. The summed E-state index contributed by atoms with van der Waals surface area (Å²) in [5, 5.41) is 0. The SMILES string of the molecule is O=C1CC2(CCCN(C(=O)c3ccc[nH]3)CC2)Oc2ccccc21. The minimum atomic E-state index is -0.476. The molecular formula is C19H20N2O3. The lowest BCUT2D eigenvalue weighted by Gasteiger charge is -2.37. The van der Waals surface area contributed by atoms with Crippen molar-refractivity contribution in [2.24, 2.45) is 0 Å². The number of ether oxygens (including phenoxy) is 1. The number of aromatic amines is 1. The quantitative estimate of drug-likeness (QED) is 0.877. The van der Waals surface area contributed by atoms with Crippen LogP contribution in [0.2, 0.25) is 0 Å². The summed E-state index contributed by atoms with van der Waals surface area (Å²) in [5.74, 6) is 0.832. The largest absolute Gasteiger partial charge is 0.486 e. The summed E-state index contributed by atoms with van der Waals surface area (Å²) in [6.07, 6.45) is 4.46. The molecule has 5 heteroatoms. The first kappa shape index (κ1) is 15.0. The molecule has 1 saturated heterocycles. The minimum Gasteiger partial charge on any atom is -0.486 e. The molecule has 1 unspecified atom stereocenters. The summed E-state index contributed by atoms with van der Waals surface area (Å²) < 4.78 is 6.26. The van der Waals surface area contributed by atoms with Crippen molar-refractivity contribution in [3.05, 3.63) is 53.9 Å². The molecule has 1 N–H and O–H groups in total. The number of nitrogens with one attached hydrogen (secondary N) is 1. The van der Waals surface area contributed by atoms with Gasteiger partial charge in [-0.2, -0.15) is 0 Å². The minimum absolute atomic E-state index is 0.0135. The molecule has 0 radical (unpaired) electrons. The second kappa shape index (κ2) is 5.82. The van der Waals surface area contributed by atoms with E-state index in [2.05, 4.69) is 4.98 Å². The molecule has 1 aromatic carbocycles. The Morgan fingerprint density at radius 1 is 1.12 bits per heavy atom. The van der Waals surface area contributed by atoms with Crippen molar-refractivity contribution in [1.29, 1.82) is 0 Å². The van der Waals surface area contributed by atoms with Crippen LogP contribution >= 0.6 is 0 Å². The van der Waals surface area contributed by atoms with Crippen molar-refractivity contribution in [3.63, 3.8) is 0 Å². The Morgan fingerprint density at radius 3 is 2.83 bits per heavy atom. The highest BCUT2D eigenvalue weighted by atomic mass is 16.5. The van der Waals surface area contributed by atoms with Crippen molar-refractivity contribution in [2.45, 2.75) is 31.3 Å². The number of fused-ring (bicyclic) bond motifs is 1. The highest BCUT2D eigenvalue weighted by Crippen LogP contribution is 2.39. The Bertz CT molecular complexity index is 769. The smallest absolute Gasteiger partial charge is 0.270 e. The second-order valence-electron chi connectivity index (χ2n) is 6.61. The normalized spacial score (nSPS) is 23.5. The van der Waals surface area contributed by atoms with Crippen LogP contribution in [0.3, 0.4) is 0 Å². The van der Waals surface area contributed by atoms with E-state index in [0.29, 0.717) is 42.9 Å². The topological polar surface area (TPSA) is 62.4 Å². The van der Waals surface area contributed by atoms with Gasteiger partial charge in [0.1, 0.15) is 17.0 Å². The molecule has 3 heterocycles. The zero-order valence-electron chi connectivity index (χ0n) is 13.5. The van der Waals surface area contributed by atoms with Crippen molar-refractivity contribution >= 4 is 11.7 Å². The number of likely N-dealkylation sites (tertiary alicyclic amines) is 1. The predicted molar refractivity (Wildman–Crippen MR) is 89.3 cm³/mol. The van der Waals surface area contributed by atoms with E-state index in [1.54, 1.807) is 12.3 Å². The lowest BCUT2D eigenvalue weighted by molar-refractivity contribution is 0.0300. The van der Waals surface area contributed by atoms with Crippen LogP contribution in [0.1, 0.15) is 46.5 Å². The standard InChI is InChI=1S/C19H20N2O3/c22-16-13-19(24-17-7-2-1-5-14(16)17)8-4-11-21(12-9-19)18(23)15-6-3-10-20-15/h1-3,5-7,10,20H,4,8-9,11-13H2. The zero-order chi connectivity index (χ0) is 16.6. The molecule has 5 nitrogen and oxygen atoms in total. The highest BCUT2D eigenvalue weighted by molar-refractivity contribution is 6.00.